The van der Waals surface area contributed by atoms with E-state index in [1.165, 1.54) is 0 Å². The minimum Gasteiger partial charge on any atom is -0.430 e. The summed E-state index contributed by atoms with van der Waals surface area (Å²) < 4.78 is 18.2. The molecular formula is C11H18O7. The maximum Gasteiger partial charge on any atom is 0.420 e. The lowest BCUT2D eigenvalue weighted by Crippen LogP contribution is -2.23. The minimum absolute atomic E-state index is 0.160. The van der Waals surface area contributed by atoms with Crippen molar-refractivity contribution >= 4 is 17.9 Å². The molecule has 0 amide bonds. The SMILES string of the molecule is CCCCOCOC(=O)C(=O)OCOC(=O)CC. The Morgan fingerprint density at radius 3 is 2.06 bits per heavy atom. The van der Waals surface area contributed by atoms with Gasteiger partial charge in [0.05, 0.1) is 6.61 Å². The largest absolute Gasteiger partial charge is 0.430 e. The van der Waals surface area contributed by atoms with E-state index in [9.17, 15) is 14.4 Å². The van der Waals surface area contributed by atoms with Crippen LogP contribution < -0.4 is 0 Å². The van der Waals surface area contributed by atoms with Crippen LogP contribution in [0.4, 0.5) is 0 Å². The van der Waals surface area contributed by atoms with Crippen LogP contribution >= 0.6 is 0 Å². The molecule has 0 bridgehead atoms. The molecule has 7 heteroatoms. The first-order valence-electron chi connectivity index (χ1n) is 5.69. The zero-order chi connectivity index (χ0) is 13.8. The number of carbonyl (C=O) groups excluding carboxylic acids is 3. The third-order valence-electron chi connectivity index (χ3n) is 1.78. The predicted molar refractivity (Wildman–Crippen MR) is 59.2 cm³/mol. The van der Waals surface area contributed by atoms with Gasteiger partial charge in [0.25, 0.3) is 0 Å². The van der Waals surface area contributed by atoms with E-state index >= 15 is 0 Å². The van der Waals surface area contributed by atoms with Gasteiger partial charge in [-0.1, -0.05) is 20.3 Å². The monoisotopic (exact) mass is 262 g/mol. The van der Waals surface area contributed by atoms with Crippen LogP contribution in [0.15, 0.2) is 0 Å². The van der Waals surface area contributed by atoms with Crippen LogP contribution in [0.25, 0.3) is 0 Å². The molecule has 0 aromatic rings. The fourth-order valence-corrected chi connectivity index (χ4v) is 0.769. The maximum absolute atomic E-state index is 11.0. The molecule has 0 aromatic heterocycles. The highest BCUT2D eigenvalue weighted by Crippen LogP contribution is 1.91. The zero-order valence-electron chi connectivity index (χ0n) is 10.6. The molecule has 0 fully saturated rings. The average molecular weight is 262 g/mol. The van der Waals surface area contributed by atoms with Gasteiger partial charge in [0.15, 0.2) is 6.79 Å². The van der Waals surface area contributed by atoms with E-state index in [4.69, 9.17) is 4.74 Å². The van der Waals surface area contributed by atoms with Crippen molar-refractivity contribution in [1.29, 1.82) is 0 Å². The normalized spacial score (nSPS) is 9.67. The first kappa shape index (κ1) is 16.4. The van der Waals surface area contributed by atoms with E-state index in [-0.39, 0.29) is 13.2 Å². The molecule has 0 rings (SSSR count). The second-order valence-corrected chi connectivity index (χ2v) is 3.23. The molecule has 0 aliphatic carbocycles. The van der Waals surface area contributed by atoms with Crippen molar-refractivity contribution in [2.24, 2.45) is 0 Å². The van der Waals surface area contributed by atoms with Gasteiger partial charge in [0.2, 0.25) is 6.79 Å². The van der Waals surface area contributed by atoms with Crippen LogP contribution in [0.5, 0.6) is 0 Å². The van der Waals surface area contributed by atoms with E-state index in [0.717, 1.165) is 12.8 Å². The van der Waals surface area contributed by atoms with Crippen LogP contribution in [-0.4, -0.2) is 38.1 Å². The Bertz CT molecular complexity index is 275. The molecule has 0 aliphatic rings. The Hall–Kier alpha value is -1.63. The predicted octanol–water partition coefficient (Wildman–Crippen LogP) is 0.758. The van der Waals surface area contributed by atoms with Gasteiger partial charge in [0.1, 0.15) is 0 Å². The first-order chi connectivity index (χ1) is 8.61. The Morgan fingerprint density at radius 1 is 0.889 bits per heavy atom. The minimum atomic E-state index is -1.22. The molecule has 0 heterocycles. The third kappa shape index (κ3) is 8.51. The summed E-state index contributed by atoms with van der Waals surface area (Å²) in [5.74, 6) is -2.93. The zero-order valence-corrected chi connectivity index (χ0v) is 10.6. The highest BCUT2D eigenvalue weighted by atomic mass is 16.7. The van der Waals surface area contributed by atoms with Crippen molar-refractivity contribution in [2.45, 2.75) is 33.1 Å². The van der Waals surface area contributed by atoms with Gasteiger partial charge in [-0.3, -0.25) is 4.79 Å². The molecule has 0 atom stereocenters. The fraction of sp³-hybridized carbons (Fsp3) is 0.727. The number of esters is 3. The van der Waals surface area contributed by atoms with Gasteiger partial charge < -0.3 is 18.9 Å². The summed E-state index contributed by atoms with van der Waals surface area (Å²) in [5, 5.41) is 0. The van der Waals surface area contributed by atoms with Crippen LogP contribution in [0.3, 0.4) is 0 Å². The molecule has 0 saturated carbocycles. The Kier molecular flexibility index (Phi) is 9.57. The molecule has 0 aliphatic heterocycles. The van der Waals surface area contributed by atoms with Crippen molar-refractivity contribution in [3.05, 3.63) is 0 Å². The lowest BCUT2D eigenvalue weighted by Gasteiger charge is -2.06. The van der Waals surface area contributed by atoms with Gasteiger partial charge in [-0.15, -0.1) is 0 Å². The summed E-state index contributed by atoms with van der Waals surface area (Å²) in [6.45, 7) is 3.13. The molecule has 18 heavy (non-hydrogen) atoms. The van der Waals surface area contributed by atoms with Crippen molar-refractivity contribution in [1.82, 2.24) is 0 Å². The van der Waals surface area contributed by atoms with Crippen LogP contribution in [-0.2, 0) is 33.3 Å². The summed E-state index contributed by atoms with van der Waals surface area (Å²) in [7, 11) is 0. The lowest BCUT2D eigenvalue weighted by atomic mass is 10.4. The van der Waals surface area contributed by atoms with Gasteiger partial charge >= 0.3 is 17.9 Å². The van der Waals surface area contributed by atoms with Gasteiger partial charge in [-0.25, -0.2) is 9.59 Å². The molecule has 0 N–H and O–H groups in total. The standard InChI is InChI=1S/C11H18O7/c1-3-5-6-15-7-17-10(13)11(14)18-8-16-9(12)4-2/h3-8H2,1-2H3. The second kappa shape index (κ2) is 10.5. The van der Waals surface area contributed by atoms with Crippen molar-refractivity contribution in [3.63, 3.8) is 0 Å². The summed E-state index contributed by atoms with van der Waals surface area (Å²) in [5.41, 5.74) is 0. The Morgan fingerprint density at radius 2 is 1.50 bits per heavy atom. The molecular weight excluding hydrogens is 244 g/mol. The van der Waals surface area contributed by atoms with E-state index in [2.05, 4.69) is 14.2 Å². The molecule has 104 valence electrons. The van der Waals surface area contributed by atoms with E-state index in [1.54, 1.807) is 6.92 Å². The summed E-state index contributed by atoms with van der Waals surface area (Å²) >= 11 is 0. The highest BCUT2D eigenvalue weighted by molar-refractivity contribution is 6.29. The van der Waals surface area contributed by atoms with Crippen LogP contribution in [0, 0.1) is 0 Å². The smallest absolute Gasteiger partial charge is 0.420 e. The van der Waals surface area contributed by atoms with Gasteiger partial charge in [-0.2, -0.15) is 0 Å². The average Bonchev–Trinajstić information content (AvgIpc) is 2.37. The van der Waals surface area contributed by atoms with E-state index in [0.29, 0.717) is 6.61 Å². The Labute approximate surface area is 105 Å². The van der Waals surface area contributed by atoms with Crippen LogP contribution in [0.1, 0.15) is 33.1 Å². The van der Waals surface area contributed by atoms with Crippen molar-refractivity contribution < 1.29 is 33.3 Å². The molecule has 0 spiro atoms. The molecule has 0 aromatic carbocycles. The molecule has 0 saturated heterocycles. The van der Waals surface area contributed by atoms with E-state index < -0.39 is 24.7 Å². The molecule has 0 unspecified atom stereocenters. The van der Waals surface area contributed by atoms with Crippen molar-refractivity contribution in [2.75, 3.05) is 20.2 Å². The third-order valence-corrected chi connectivity index (χ3v) is 1.78. The first-order valence-corrected chi connectivity index (χ1v) is 5.69. The lowest BCUT2D eigenvalue weighted by molar-refractivity contribution is -0.183. The maximum atomic E-state index is 11.0. The highest BCUT2D eigenvalue weighted by Gasteiger charge is 2.17. The van der Waals surface area contributed by atoms with E-state index in [1.807, 2.05) is 6.92 Å². The van der Waals surface area contributed by atoms with Crippen LogP contribution in [0.2, 0.25) is 0 Å². The number of ether oxygens (including phenoxy) is 4. The molecule has 0 radical (unpaired) electrons. The number of carbonyl (C=O) groups is 3. The number of hydrogen-bond acceptors (Lipinski definition) is 7. The second-order valence-electron chi connectivity index (χ2n) is 3.23. The summed E-state index contributed by atoms with van der Waals surface area (Å²) in [4.78, 5) is 32.7. The number of rotatable bonds is 8. The summed E-state index contributed by atoms with van der Waals surface area (Å²) in [6, 6.07) is 0. The number of hydrogen-bond donors (Lipinski definition) is 0. The van der Waals surface area contributed by atoms with Gasteiger partial charge in [-0.05, 0) is 6.42 Å². The molecule has 7 nitrogen and oxygen atoms in total. The fourth-order valence-electron chi connectivity index (χ4n) is 0.769. The summed E-state index contributed by atoms with van der Waals surface area (Å²) in [6.07, 6.45) is 1.96. The Balaban J connectivity index is 3.57. The van der Waals surface area contributed by atoms with Gasteiger partial charge in [0, 0.05) is 6.42 Å². The topological polar surface area (TPSA) is 88.1 Å². The number of unbranched alkanes of at least 4 members (excludes halogenated alkanes) is 1. The quantitative estimate of drug-likeness (QED) is 0.276. The van der Waals surface area contributed by atoms with Crippen molar-refractivity contribution in [3.8, 4) is 0 Å².